The topological polar surface area (TPSA) is 96.1 Å². The van der Waals surface area contributed by atoms with Gasteiger partial charge in [0.25, 0.3) is 0 Å². The van der Waals surface area contributed by atoms with Crippen molar-refractivity contribution in [2.45, 2.75) is 25.0 Å². The van der Waals surface area contributed by atoms with E-state index in [0.717, 1.165) is 11.1 Å². The Morgan fingerprint density at radius 1 is 0.800 bits per heavy atom. The van der Waals surface area contributed by atoms with E-state index in [1.54, 1.807) is 24.3 Å². The summed E-state index contributed by atoms with van der Waals surface area (Å²) in [6, 6.07) is 14.4. The summed E-state index contributed by atoms with van der Waals surface area (Å²) in [6.45, 7) is 3.71. The van der Waals surface area contributed by atoms with E-state index < -0.39 is 12.3 Å². The Bertz CT molecular complexity index is 796. The van der Waals surface area contributed by atoms with Crippen molar-refractivity contribution in [2.24, 2.45) is 0 Å². The van der Waals surface area contributed by atoms with Gasteiger partial charge in [-0.15, -0.1) is 0 Å². The minimum Gasteiger partial charge on any atom is -0.431 e. The zero-order valence-corrected chi connectivity index (χ0v) is 16.4. The average Bonchev–Trinajstić information content (AvgIpc) is 3.66. The molecule has 2 aliphatic heterocycles. The fraction of sp³-hybridized carbons (Fsp3) is 0.364. The van der Waals surface area contributed by atoms with Crippen LogP contribution in [0.2, 0.25) is 0 Å². The summed E-state index contributed by atoms with van der Waals surface area (Å²) in [5, 5.41) is 0. The second kappa shape index (κ2) is 9.15. The first-order valence-electron chi connectivity index (χ1n) is 9.69. The Labute approximate surface area is 173 Å². The van der Waals surface area contributed by atoms with Gasteiger partial charge in [0.05, 0.1) is 13.2 Å². The third-order valence-corrected chi connectivity index (χ3v) is 4.74. The summed E-state index contributed by atoms with van der Waals surface area (Å²) in [6.07, 6.45) is -1.49. The standard InChI is InChI=1S/C22H22O8/c1-14(15-2-6-17(7-3-15)29-21(23)27-12-19-10-25-19)16-4-8-18(9-5-16)30-22(24)28-13-20-11-26-20/h2-9,14,19-20H,10-13H2,1H3. The maximum Gasteiger partial charge on any atom is 0.513 e. The first kappa shape index (κ1) is 20.2. The van der Waals surface area contributed by atoms with Crippen LogP contribution < -0.4 is 9.47 Å². The quantitative estimate of drug-likeness (QED) is 0.367. The van der Waals surface area contributed by atoms with Gasteiger partial charge in [-0.25, -0.2) is 9.59 Å². The van der Waals surface area contributed by atoms with Crippen LogP contribution in [0.25, 0.3) is 0 Å². The number of epoxide rings is 2. The lowest BCUT2D eigenvalue weighted by Crippen LogP contribution is -2.14. The molecule has 0 N–H and O–H groups in total. The highest BCUT2D eigenvalue weighted by molar-refractivity contribution is 5.64. The molecule has 2 aliphatic rings. The van der Waals surface area contributed by atoms with Crippen molar-refractivity contribution in [3.05, 3.63) is 59.7 Å². The molecule has 0 radical (unpaired) electrons. The lowest BCUT2D eigenvalue weighted by Gasteiger charge is -2.14. The van der Waals surface area contributed by atoms with Crippen molar-refractivity contribution in [1.82, 2.24) is 0 Å². The first-order chi connectivity index (χ1) is 14.6. The number of carbonyl (C=O) groups is 2. The van der Waals surface area contributed by atoms with E-state index in [2.05, 4.69) is 6.92 Å². The number of hydrogen-bond acceptors (Lipinski definition) is 8. The molecule has 158 valence electrons. The monoisotopic (exact) mass is 414 g/mol. The van der Waals surface area contributed by atoms with Gasteiger partial charge in [-0.2, -0.15) is 0 Å². The van der Waals surface area contributed by atoms with Crippen molar-refractivity contribution in [3.8, 4) is 11.5 Å². The van der Waals surface area contributed by atoms with Crippen molar-refractivity contribution in [3.63, 3.8) is 0 Å². The normalized spacial score (nSPS) is 20.0. The van der Waals surface area contributed by atoms with Crippen LogP contribution in [0.3, 0.4) is 0 Å². The molecule has 2 fully saturated rings. The van der Waals surface area contributed by atoms with Gasteiger partial charge in [0, 0.05) is 5.92 Å². The maximum absolute atomic E-state index is 11.6. The van der Waals surface area contributed by atoms with Crippen LogP contribution in [-0.2, 0) is 18.9 Å². The third kappa shape index (κ3) is 5.95. The third-order valence-electron chi connectivity index (χ3n) is 4.74. The van der Waals surface area contributed by atoms with Gasteiger partial charge in [-0.05, 0) is 35.4 Å². The zero-order chi connectivity index (χ0) is 20.9. The van der Waals surface area contributed by atoms with Gasteiger partial charge >= 0.3 is 12.3 Å². The highest BCUT2D eigenvalue weighted by atomic mass is 16.7. The zero-order valence-electron chi connectivity index (χ0n) is 16.4. The number of rotatable bonds is 8. The van der Waals surface area contributed by atoms with E-state index in [4.69, 9.17) is 28.4 Å². The number of benzene rings is 2. The van der Waals surface area contributed by atoms with Crippen molar-refractivity contribution < 1.29 is 38.0 Å². The van der Waals surface area contributed by atoms with E-state index in [9.17, 15) is 9.59 Å². The Morgan fingerprint density at radius 3 is 1.50 bits per heavy atom. The molecule has 4 rings (SSSR count). The lowest BCUT2D eigenvalue weighted by molar-refractivity contribution is 0.0911. The molecule has 2 aromatic carbocycles. The molecule has 2 heterocycles. The average molecular weight is 414 g/mol. The van der Waals surface area contributed by atoms with Crippen LogP contribution >= 0.6 is 0 Å². The van der Waals surface area contributed by atoms with Crippen LogP contribution in [-0.4, -0.2) is 50.9 Å². The van der Waals surface area contributed by atoms with Crippen molar-refractivity contribution in [1.29, 1.82) is 0 Å². The van der Waals surface area contributed by atoms with Crippen LogP contribution in [0.1, 0.15) is 24.0 Å². The largest absolute Gasteiger partial charge is 0.513 e. The molecule has 2 aromatic rings. The molecular weight excluding hydrogens is 392 g/mol. The van der Waals surface area contributed by atoms with Gasteiger partial charge < -0.3 is 28.4 Å². The van der Waals surface area contributed by atoms with Crippen molar-refractivity contribution >= 4 is 12.3 Å². The second-order valence-corrected chi connectivity index (χ2v) is 7.10. The highest BCUT2D eigenvalue weighted by Gasteiger charge is 2.25. The van der Waals surface area contributed by atoms with Crippen LogP contribution in [0.4, 0.5) is 9.59 Å². The Hall–Kier alpha value is -3.10. The minimum atomic E-state index is -0.745. The van der Waals surface area contributed by atoms with Gasteiger partial charge in [0.1, 0.15) is 36.9 Å². The Morgan fingerprint density at radius 2 is 1.17 bits per heavy atom. The molecule has 0 spiro atoms. The fourth-order valence-corrected chi connectivity index (χ4v) is 2.74. The fourth-order valence-electron chi connectivity index (χ4n) is 2.74. The van der Waals surface area contributed by atoms with Gasteiger partial charge in [0.15, 0.2) is 0 Å². The summed E-state index contributed by atoms with van der Waals surface area (Å²) in [5.74, 6) is 0.907. The SMILES string of the molecule is CC(c1ccc(OC(=O)OCC2CO2)cc1)c1ccc(OC(=O)OCC2CO2)cc1. The van der Waals surface area contributed by atoms with Crippen LogP contribution in [0, 0.1) is 0 Å². The smallest absolute Gasteiger partial charge is 0.431 e. The van der Waals surface area contributed by atoms with E-state index in [1.165, 1.54) is 0 Å². The molecule has 0 amide bonds. The van der Waals surface area contributed by atoms with E-state index in [-0.39, 0.29) is 31.3 Å². The molecule has 30 heavy (non-hydrogen) atoms. The van der Waals surface area contributed by atoms with Crippen LogP contribution in [0.15, 0.2) is 48.5 Å². The minimum absolute atomic E-state index is 0.000509. The van der Waals surface area contributed by atoms with E-state index >= 15 is 0 Å². The molecule has 0 bridgehead atoms. The molecule has 0 aromatic heterocycles. The Balaban J connectivity index is 1.27. The summed E-state index contributed by atoms with van der Waals surface area (Å²) in [4.78, 5) is 23.2. The van der Waals surface area contributed by atoms with Gasteiger partial charge in [-0.1, -0.05) is 31.2 Å². The van der Waals surface area contributed by atoms with Gasteiger partial charge in [-0.3, -0.25) is 0 Å². The number of hydrogen-bond donors (Lipinski definition) is 0. The van der Waals surface area contributed by atoms with Crippen LogP contribution in [0.5, 0.6) is 11.5 Å². The number of ether oxygens (including phenoxy) is 6. The second-order valence-electron chi connectivity index (χ2n) is 7.10. The summed E-state index contributed by atoms with van der Waals surface area (Å²) < 4.78 is 30.1. The van der Waals surface area contributed by atoms with E-state index in [0.29, 0.717) is 24.7 Å². The first-order valence-corrected chi connectivity index (χ1v) is 9.69. The molecule has 0 aliphatic carbocycles. The molecule has 2 saturated heterocycles. The van der Waals surface area contributed by atoms with Crippen molar-refractivity contribution in [2.75, 3.05) is 26.4 Å². The van der Waals surface area contributed by atoms with Gasteiger partial charge in [0.2, 0.25) is 0 Å². The lowest BCUT2D eigenvalue weighted by atomic mass is 9.93. The highest BCUT2D eigenvalue weighted by Crippen LogP contribution is 2.27. The Kier molecular flexibility index (Phi) is 6.15. The molecule has 2 atom stereocenters. The number of carbonyl (C=O) groups excluding carboxylic acids is 2. The summed E-state index contributed by atoms with van der Waals surface area (Å²) in [5.41, 5.74) is 2.08. The molecule has 8 nitrogen and oxygen atoms in total. The van der Waals surface area contributed by atoms with E-state index in [1.807, 2.05) is 24.3 Å². The molecule has 8 heteroatoms. The molecular formula is C22H22O8. The molecule has 2 unspecified atom stereocenters. The summed E-state index contributed by atoms with van der Waals surface area (Å²) in [7, 11) is 0. The summed E-state index contributed by atoms with van der Waals surface area (Å²) >= 11 is 0. The maximum atomic E-state index is 11.6. The predicted molar refractivity (Wildman–Crippen MR) is 104 cm³/mol. The predicted octanol–water partition coefficient (Wildman–Crippen LogP) is 3.67. The molecule has 0 saturated carbocycles.